The summed E-state index contributed by atoms with van der Waals surface area (Å²) in [6.45, 7) is 0.687. The molecule has 0 bridgehead atoms. The highest BCUT2D eigenvalue weighted by Gasteiger charge is 2.11. The van der Waals surface area contributed by atoms with Gasteiger partial charge in [-0.25, -0.2) is 0 Å². The van der Waals surface area contributed by atoms with Crippen LogP contribution in [0.15, 0.2) is 66.9 Å². The van der Waals surface area contributed by atoms with Crippen LogP contribution in [0.5, 0.6) is 0 Å². The summed E-state index contributed by atoms with van der Waals surface area (Å²) in [5.41, 5.74) is 2.91. The van der Waals surface area contributed by atoms with Crippen LogP contribution in [0, 0.1) is 0 Å². The van der Waals surface area contributed by atoms with Gasteiger partial charge in [0.2, 0.25) is 5.95 Å². The number of anilines is 3. The van der Waals surface area contributed by atoms with E-state index in [0.29, 0.717) is 12.5 Å². The molecule has 0 radical (unpaired) electrons. The zero-order valence-electron chi connectivity index (χ0n) is 13.8. The molecule has 25 heavy (non-hydrogen) atoms. The third kappa shape index (κ3) is 3.28. The number of nitrogens with one attached hydrogen (secondary N) is 2. The number of aromatic nitrogens is 4. The van der Waals surface area contributed by atoms with Crippen LogP contribution >= 0.6 is 0 Å². The zero-order valence-corrected chi connectivity index (χ0v) is 13.8. The fourth-order valence-electron chi connectivity index (χ4n) is 2.65. The third-order valence-corrected chi connectivity index (χ3v) is 3.92. The molecular weight excluding hydrogens is 312 g/mol. The van der Waals surface area contributed by atoms with Crippen LogP contribution in [-0.2, 0) is 13.6 Å². The van der Waals surface area contributed by atoms with Crippen molar-refractivity contribution in [3.63, 3.8) is 0 Å². The Kier molecular flexibility index (Phi) is 4.00. The molecule has 0 aliphatic rings. The maximum atomic E-state index is 4.64. The largest absolute Gasteiger partial charge is 0.365 e. The summed E-state index contributed by atoms with van der Waals surface area (Å²) in [4.78, 5) is 9.22. The average molecular weight is 330 g/mol. The summed E-state index contributed by atoms with van der Waals surface area (Å²) < 4.78 is 1.75. The van der Waals surface area contributed by atoms with Gasteiger partial charge in [0, 0.05) is 19.3 Å². The number of para-hydroxylation sites is 1. The Balaban J connectivity index is 1.67. The van der Waals surface area contributed by atoms with Crippen LogP contribution in [0.3, 0.4) is 0 Å². The molecule has 0 aliphatic heterocycles. The minimum Gasteiger partial charge on any atom is -0.365 e. The standard InChI is InChI=1S/C19H18N6/c1-25-18-16(13-21-25)17(20-12-14-8-4-2-5-9-14)23-19(24-18)22-15-10-6-3-7-11-15/h2-11,13H,12H2,1H3,(H2,20,22,23,24). The van der Waals surface area contributed by atoms with Crippen molar-refractivity contribution in [2.24, 2.45) is 7.05 Å². The number of hydrogen-bond acceptors (Lipinski definition) is 5. The normalized spacial score (nSPS) is 10.8. The Bertz CT molecular complexity index is 979. The maximum absolute atomic E-state index is 4.64. The Morgan fingerprint density at radius 1 is 0.920 bits per heavy atom. The number of benzene rings is 2. The summed E-state index contributed by atoms with van der Waals surface area (Å²) >= 11 is 0. The molecule has 6 nitrogen and oxygen atoms in total. The van der Waals surface area contributed by atoms with Gasteiger partial charge in [0.05, 0.1) is 11.6 Å². The number of aryl methyl sites for hydroxylation is 1. The van der Waals surface area contributed by atoms with E-state index < -0.39 is 0 Å². The van der Waals surface area contributed by atoms with Gasteiger partial charge in [-0.1, -0.05) is 48.5 Å². The SMILES string of the molecule is Cn1ncc2c(NCc3ccccc3)nc(Nc3ccccc3)nc21. The van der Waals surface area contributed by atoms with E-state index >= 15 is 0 Å². The van der Waals surface area contributed by atoms with Gasteiger partial charge in [0.25, 0.3) is 0 Å². The second-order valence-electron chi connectivity index (χ2n) is 5.73. The molecule has 0 unspecified atom stereocenters. The Hall–Kier alpha value is -3.41. The minimum absolute atomic E-state index is 0.540. The van der Waals surface area contributed by atoms with Crippen LogP contribution < -0.4 is 10.6 Å². The first-order valence-electron chi connectivity index (χ1n) is 8.09. The summed E-state index contributed by atoms with van der Waals surface area (Å²) in [5, 5.41) is 11.9. The van der Waals surface area contributed by atoms with Gasteiger partial charge in [-0.3, -0.25) is 4.68 Å². The number of rotatable bonds is 5. The maximum Gasteiger partial charge on any atom is 0.231 e. The highest BCUT2D eigenvalue weighted by atomic mass is 15.3. The smallest absolute Gasteiger partial charge is 0.231 e. The molecule has 0 amide bonds. The van der Waals surface area contributed by atoms with E-state index in [1.54, 1.807) is 10.9 Å². The van der Waals surface area contributed by atoms with Crippen molar-refractivity contribution in [3.8, 4) is 0 Å². The van der Waals surface area contributed by atoms with Gasteiger partial charge in [-0.2, -0.15) is 15.1 Å². The molecule has 0 saturated carbocycles. The average Bonchev–Trinajstić information content (AvgIpc) is 3.03. The van der Waals surface area contributed by atoms with Gasteiger partial charge in [-0.05, 0) is 17.7 Å². The molecular formula is C19H18N6. The lowest BCUT2D eigenvalue weighted by molar-refractivity contribution is 0.786. The summed E-state index contributed by atoms with van der Waals surface area (Å²) in [7, 11) is 1.88. The summed E-state index contributed by atoms with van der Waals surface area (Å²) in [5.74, 6) is 1.30. The molecule has 0 spiro atoms. The Labute approximate surface area is 145 Å². The van der Waals surface area contributed by atoms with Crippen LogP contribution in [0.4, 0.5) is 17.5 Å². The second-order valence-corrected chi connectivity index (χ2v) is 5.73. The Morgan fingerprint density at radius 2 is 1.64 bits per heavy atom. The first-order chi connectivity index (χ1) is 12.3. The highest BCUT2D eigenvalue weighted by molar-refractivity contribution is 5.87. The van der Waals surface area contributed by atoms with Crippen LogP contribution in [0.2, 0.25) is 0 Å². The summed E-state index contributed by atoms with van der Waals surface area (Å²) in [6.07, 6.45) is 1.79. The minimum atomic E-state index is 0.540. The lowest BCUT2D eigenvalue weighted by Crippen LogP contribution is -2.06. The zero-order chi connectivity index (χ0) is 17.1. The predicted octanol–water partition coefficient (Wildman–Crippen LogP) is 3.72. The van der Waals surface area contributed by atoms with Gasteiger partial charge < -0.3 is 10.6 Å². The fourth-order valence-corrected chi connectivity index (χ4v) is 2.65. The summed E-state index contributed by atoms with van der Waals surface area (Å²) in [6, 6.07) is 20.1. The van der Waals surface area contributed by atoms with Crippen molar-refractivity contribution in [1.82, 2.24) is 19.7 Å². The topological polar surface area (TPSA) is 67.7 Å². The monoisotopic (exact) mass is 330 g/mol. The molecule has 4 rings (SSSR count). The highest BCUT2D eigenvalue weighted by Crippen LogP contribution is 2.23. The quantitative estimate of drug-likeness (QED) is 0.584. The first kappa shape index (κ1) is 15.1. The van der Waals surface area contributed by atoms with Crippen LogP contribution in [0.25, 0.3) is 11.0 Å². The lowest BCUT2D eigenvalue weighted by Gasteiger charge is -2.10. The molecule has 0 atom stereocenters. The van der Waals surface area contributed by atoms with Crippen molar-refractivity contribution in [2.45, 2.75) is 6.54 Å². The van der Waals surface area contributed by atoms with Gasteiger partial charge in [0.15, 0.2) is 5.65 Å². The van der Waals surface area contributed by atoms with Gasteiger partial charge in [-0.15, -0.1) is 0 Å². The van der Waals surface area contributed by atoms with Crippen molar-refractivity contribution in [3.05, 3.63) is 72.4 Å². The molecule has 124 valence electrons. The number of nitrogens with zero attached hydrogens (tertiary/aromatic N) is 4. The van der Waals surface area contributed by atoms with E-state index in [2.05, 4.69) is 37.8 Å². The van der Waals surface area contributed by atoms with Crippen LogP contribution in [-0.4, -0.2) is 19.7 Å². The third-order valence-electron chi connectivity index (χ3n) is 3.92. The van der Waals surface area contributed by atoms with E-state index in [1.165, 1.54) is 5.56 Å². The van der Waals surface area contributed by atoms with Crippen molar-refractivity contribution in [2.75, 3.05) is 10.6 Å². The van der Waals surface area contributed by atoms with E-state index in [1.807, 2.05) is 55.6 Å². The predicted molar refractivity (Wildman–Crippen MR) is 99.8 cm³/mol. The number of hydrogen-bond donors (Lipinski definition) is 2. The molecule has 2 aromatic heterocycles. The van der Waals surface area contributed by atoms with E-state index in [-0.39, 0.29) is 0 Å². The van der Waals surface area contributed by atoms with Crippen molar-refractivity contribution >= 4 is 28.5 Å². The lowest BCUT2D eigenvalue weighted by atomic mass is 10.2. The van der Waals surface area contributed by atoms with E-state index in [4.69, 9.17) is 0 Å². The molecule has 0 saturated heterocycles. The van der Waals surface area contributed by atoms with E-state index in [9.17, 15) is 0 Å². The van der Waals surface area contributed by atoms with Gasteiger partial charge in [0.1, 0.15) is 5.82 Å². The molecule has 2 heterocycles. The number of fused-ring (bicyclic) bond motifs is 1. The van der Waals surface area contributed by atoms with Crippen molar-refractivity contribution < 1.29 is 0 Å². The van der Waals surface area contributed by atoms with Crippen molar-refractivity contribution in [1.29, 1.82) is 0 Å². The van der Waals surface area contributed by atoms with Crippen LogP contribution in [0.1, 0.15) is 5.56 Å². The fraction of sp³-hybridized carbons (Fsp3) is 0.105. The first-order valence-corrected chi connectivity index (χ1v) is 8.09. The van der Waals surface area contributed by atoms with Gasteiger partial charge >= 0.3 is 0 Å². The second kappa shape index (κ2) is 6.60. The molecule has 0 aliphatic carbocycles. The molecule has 2 aromatic carbocycles. The molecule has 2 N–H and O–H groups in total. The van der Waals surface area contributed by atoms with E-state index in [0.717, 1.165) is 22.5 Å². The molecule has 6 heteroatoms. The molecule has 0 fully saturated rings. The molecule has 4 aromatic rings. The Morgan fingerprint density at radius 3 is 2.40 bits per heavy atom.